The number of benzene rings is 2. The van der Waals surface area contributed by atoms with Crippen molar-refractivity contribution < 1.29 is 53.9 Å². The molecule has 1 unspecified atom stereocenters. The van der Waals surface area contributed by atoms with Gasteiger partial charge in [0, 0.05) is 81.2 Å². The molecule has 50 heavy (non-hydrogen) atoms. The molecule has 0 saturated carbocycles. The third kappa shape index (κ3) is 10.7. The van der Waals surface area contributed by atoms with Crippen molar-refractivity contribution >= 4 is 41.9 Å². The van der Waals surface area contributed by atoms with Crippen molar-refractivity contribution in [1.82, 2.24) is 14.7 Å². The highest BCUT2D eigenvalue weighted by molar-refractivity contribution is 5.90. The van der Waals surface area contributed by atoms with Crippen molar-refractivity contribution in [3.05, 3.63) is 95.1 Å². The molecule has 1 amide bonds. The minimum absolute atomic E-state index is 0.00278. The second-order valence-electron chi connectivity index (χ2n) is 11.9. The van der Waals surface area contributed by atoms with E-state index in [2.05, 4.69) is 70.5 Å². The summed E-state index contributed by atoms with van der Waals surface area (Å²) in [5.41, 5.74) is 4.42. The average molecular weight is 692 g/mol. The highest BCUT2D eigenvalue weighted by atomic mass is 16.7. The van der Waals surface area contributed by atoms with Gasteiger partial charge in [0.1, 0.15) is 0 Å². The van der Waals surface area contributed by atoms with Crippen molar-refractivity contribution in [3.63, 3.8) is 0 Å². The van der Waals surface area contributed by atoms with Crippen LogP contribution in [0.25, 0.3) is 12.2 Å². The number of hydrogen-bond donors (Lipinski definition) is 4. The van der Waals surface area contributed by atoms with Crippen molar-refractivity contribution in [3.8, 4) is 0 Å². The maximum Gasteiger partial charge on any atom is 0.328 e. The van der Waals surface area contributed by atoms with Crippen LogP contribution in [0.4, 0.5) is 0 Å². The molecular weight excluding hydrogens is 650 g/mol. The Labute approximate surface area is 289 Å². The Morgan fingerprint density at radius 1 is 0.660 bits per heavy atom. The molecule has 0 radical (unpaired) electrons. The number of carboxylic acid groups (broad SMARTS) is 4. The molecule has 3 aliphatic heterocycles. The normalized spacial score (nSPS) is 19.5. The van der Waals surface area contributed by atoms with Gasteiger partial charge in [-0.25, -0.2) is 19.2 Å². The molecule has 2 aromatic carbocycles. The summed E-state index contributed by atoms with van der Waals surface area (Å²) in [4.78, 5) is 57.5. The maximum absolute atomic E-state index is 12.5. The summed E-state index contributed by atoms with van der Waals surface area (Å²) < 4.78 is 13.4. The molecule has 3 heterocycles. The Balaban J connectivity index is 0.000000294. The monoisotopic (exact) mass is 691 g/mol. The number of ether oxygens (including phenoxy) is 2. The molecule has 0 bridgehead atoms. The van der Waals surface area contributed by atoms with Gasteiger partial charge < -0.3 is 34.8 Å². The zero-order valence-electron chi connectivity index (χ0n) is 27.4. The minimum Gasteiger partial charge on any atom is -0.478 e. The number of nitrogens with zero attached hydrogens (tertiary/aromatic N) is 3. The van der Waals surface area contributed by atoms with Crippen LogP contribution < -0.4 is 0 Å². The van der Waals surface area contributed by atoms with E-state index in [0.29, 0.717) is 43.4 Å². The number of hydrogen-bond acceptors (Lipinski definition) is 9. The van der Waals surface area contributed by atoms with Crippen LogP contribution in [-0.2, 0) is 39.2 Å². The van der Waals surface area contributed by atoms with Gasteiger partial charge in [0.25, 0.3) is 0 Å². The van der Waals surface area contributed by atoms with Crippen LogP contribution in [0.5, 0.6) is 0 Å². The van der Waals surface area contributed by atoms with Crippen LogP contribution in [0, 0.1) is 0 Å². The van der Waals surface area contributed by atoms with Crippen LogP contribution >= 0.6 is 0 Å². The van der Waals surface area contributed by atoms with Gasteiger partial charge in [-0.1, -0.05) is 60.7 Å². The predicted molar refractivity (Wildman–Crippen MR) is 181 cm³/mol. The summed E-state index contributed by atoms with van der Waals surface area (Å²) >= 11 is 0. The quantitative estimate of drug-likeness (QED) is 0.295. The SMILES string of the molecule is O=C(CN1CCN(CC2COC3(O2)c2ccccc2C=Cc2ccccc23)CC1)N1CCCC1.O=C(O)/C=C/C(=O)O.O=C(O)/C=C/C(=O)O. The molecular formula is C36H41N3O11. The standard InChI is InChI=1S/C28H33N3O3.2C4H4O4/c32-27(31-13-5-6-14-31)20-30-17-15-29(16-18-30)19-24-21-33-28(34-24)25-9-3-1-7-22(25)11-12-23-8-2-4-10-26(23)28;2*5-3(6)1-2-4(7)8/h1-4,7-12,24H,5-6,13-21H2;2*1-2H,(H,5,6)(H,7,8)/b;2*2-1+. The summed E-state index contributed by atoms with van der Waals surface area (Å²) in [6.07, 6.45) is 8.84. The number of amides is 1. The Kier molecular flexibility index (Phi) is 13.6. The van der Waals surface area contributed by atoms with E-state index in [9.17, 15) is 24.0 Å². The highest BCUT2D eigenvalue weighted by Crippen LogP contribution is 2.45. The first-order valence-electron chi connectivity index (χ1n) is 16.2. The van der Waals surface area contributed by atoms with Gasteiger partial charge in [-0.05, 0) is 24.0 Å². The number of carboxylic acids is 4. The molecule has 266 valence electrons. The maximum atomic E-state index is 12.5. The van der Waals surface area contributed by atoms with E-state index in [4.69, 9.17) is 29.9 Å². The zero-order chi connectivity index (χ0) is 36.1. The van der Waals surface area contributed by atoms with Gasteiger partial charge in [0.05, 0.1) is 19.3 Å². The zero-order valence-corrected chi connectivity index (χ0v) is 27.4. The summed E-state index contributed by atoms with van der Waals surface area (Å²) in [5.74, 6) is -5.61. The van der Waals surface area contributed by atoms with Crippen molar-refractivity contribution in [2.45, 2.75) is 24.7 Å². The minimum atomic E-state index is -1.26. The fourth-order valence-electron chi connectivity index (χ4n) is 6.06. The molecule has 1 atom stereocenters. The molecule has 2 aromatic rings. The van der Waals surface area contributed by atoms with Crippen molar-refractivity contribution in [2.75, 3.05) is 59.0 Å². The van der Waals surface area contributed by atoms with E-state index >= 15 is 0 Å². The van der Waals surface area contributed by atoms with Crippen LogP contribution in [0.1, 0.15) is 35.1 Å². The lowest BCUT2D eigenvalue weighted by atomic mass is 9.93. The fraction of sp³-hybridized carbons (Fsp3) is 0.361. The number of piperazine rings is 1. The van der Waals surface area contributed by atoms with Gasteiger partial charge in [0.2, 0.25) is 11.7 Å². The van der Waals surface area contributed by atoms with Gasteiger partial charge >= 0.3 is 23.9 Å². The smallest absolute Gasteiger partial charge is 0.328 e. The Morgan fingerprint density at radius 3 is 1.56 bits per heavy atom. The number of carbonyl (C=O) groups is 5. The lowest BCUT2D eigenvalue weighted by Crippen LogP contribution is -2.51. The molecule has 3 saturated heterocycles. The summed E-state index contributed by atoms with van der Waals surface area (Å²) in [5, 5.41) is 31.2. The van der Waals surface area contributed by atoms with E-state index in [1.54, 1.807) is 0 Å². The molecule has 14 nitrogen and oxygen atoms in total. The van der Waals surface area contributed by atoms with Crippen molar-refractivity contribution in [1.29, 1.82) is 0 Å². The molecule has 1 spiro atoms. The third-order valence-electron chi connectivity index (χ3n) is 8.36. The van der Waals surface area contributed by atoms with Gasteiger partial charge in [-0.15, -0.1) is 0 Å². The Hall–Kier alpha value is -5.15. The number of rotatable bonds is 8. The lowest BCUT2D eigenvalue weighted by molar-refractivity contribution is -0.145. The fourth-order valence-corrected chi connectivity index (χ4v) is 6.06. The second-order valence-corrected chi connectivity index (χ2v) is 11.9. The average Bonchev–Trinajstić information content (AvgIpc) is 3.77. The molecule has 0 aromatic heterocycles. The summed E-state index contributed by atoms with van der Waals surface area (Å²) in [6, 6.07) is 16.8. The summed E-state index contributed by atoms with van der Waals surface area (Å²) in [7, 11) is 0. The molecule has 4 N–H and O–H groups in total. The largest absolute Gasteiger partial charge is 0.478 e. The first-order chi connectivity index (χ1) is 24.0. The second kappa shape index (κ2) is 18.0. The van der Waals surface area contributed by atoms with E-state index in [1.807, 2.05) is 4.90 Å². The number of fused-ring (bicyclic) bond motifs is 4. The lowest BCUT2D eigenvalue weighted by Gasteiger charge is -2.36. The Bertz CT molecular complexity index is 1510. The molecule has 3 fully saturated rings. The van der Waals surface area contributed by atoms with Crippen LogP contribution in [-0.4, -0.2) is 130 Å². The van der Waals surface area contributed by atoms with Crippen molar-refractivity contribution in [2.24, 2.45) is 0 Å². The third-order valence-corrected chi connectivity index (χ3v) is 8.36. The number of aliphatic carboxylic acids is 4. The van der Waals surface area contributed by atoms with E-state index in [1.165, 1.54) is 0 Å². The van der Waals surface area contributed by atoms with Crippen LogP contribution in [0.2, 0.25) is 0 Å². The molecule has 4 aliphatic rings. The first-order valence-corrected chi connectivity index (χ1v) is 16.2. The van der Waals surface area contributed by atoms with E-state index in [0.717, 1.165) is 80.9 Å². The predicted octanol–water partition coefficient (Wildman–Crippen LogP) is 2.45. The van der Waals surface area contributed by atoms with Gasteiger partial charge in [-0.2, -0.15) is 0 Å². The van der Waals surface area contributed by atoms with E-state index < -0.39 is 29.7 Å². The van der Waals surface area contributed by atoms with Gasteiger partial charge in [0.15, 0.2) is 0 Å². The van der Waals surface area contributed by atoms with Gasteiger partial charge in [-0.3, -0.25) is 14.6 Å². The highest BCUT2D eigenvalue weighted by Gasteiger charge is 2.48. The number of carbonyl (C=O) groups excluding carboxylic acids is 1. The number of likely N-dealkylation sites (tertiary alicyclic amines) is 1. The summed E-state index contributed by atoms with van der Waals surface area (Å²) in [6.45, 7) is 7.58. The first kappa shape index (κ1) is 37.7. The topological polar surface area (TPSA) is 194 Å². The van der Waals surface area contributed by atoms with E-state index in [-0.39, 0.29) is 6.10 Å². The molecule has 6 rings (SSSR count). The van der Waals surface area contributed by atoms with Crippen LogP contribution in [0.15, 0.2) is 72.8 Å². The molecule has 14 heteroatoms. The van der Waals surface area contributed by atoms with Crippen LogP contribution in [0.3, 0.4) is 0 Å². The Morgan fingerprint density at radius 2 is 1.10 bits per heavy atom. The molecule has 1 aliphatic carbocycles.